The Bertz CT molecular complexity index is 367. The number of rotatable bonds is 5. The molecule has 0 bridgehead atoms. The number of hydrogen-bond acceptors (Lipinski definition) is 3. The van der Waals surface area contributed by atoms with E-state index in [1.165, 1.54) is 38.5 Å². The van der Waals surface area contributed by atoms with E-state index >= 15 is 0 Å². The monoisotopic (exact) mass is 302 g/mol. The Balaban J connectivity index is 1.69. The fourth-order valence-corrected chi connectivity index (χ4v) is 4.55. The molecule has 0 unspecified atom stereocenters. The van der Waals surface area contributed by atoms with Gasteiger partial charge in [0.15, 0.2) is 0 Å². The SMILES string of the molecule is CCS(=O)(=O)N1CCC(NCC2CCCCCC2)CC1. The van der Waals surface area contributed by atoms with Crippen LogP contribution in [-0.4, -0.2) is 44.2 Å². The molecule has 2 fully saturated rings. The maximum atomic E-state index is 11.8. The van der Waals surface area contributed by atoms with Crippen molar-refractivity contribution < 1.29 is 8.42 Å². The van der Waals surface area contributed by atoms with Gasteiger partial charge in [-0.05, 0) is 45.1 Å². The van der Waals surface area contributed by atoms with Gasteiger partial charge in [0.05, 0.1) is 5.75 Å². The number of nitrogens with one attached hydrogen (secondary N) is 1. The largest absolute Gasteiger partial charge is 0.314 e. The molecule has 0 aromatic rings. The van der Waals surface area contributed by atoms with Gasteiger partial charge in [-0.2, -0.15) is 0 Å². The molecule has 0 spiro atoms. The van der Waals surface area contributed by atoms with Crippen molar-refractivity contribution in [2.45, 2.75) is 64.3 Å². The summed E-state index contributed by atoms with van der Waals surface area (Å²) in [4.78, 5) is 0. The van der Waals surface area contributed by atoms with Crippen LogP contribution in [0.15, 0.2) is 0 Å². The van der Waals surface area contributed by atoms with Gasteiger partial charge in [0, 0.05) is 19.1 Å². The first kappa shape index (κ1) is 16.2. The molecule has 5 heteroatoms. The van der Waals surface area contributed by atoms with Gasteiger partial charge in [0.25, 0.3) is 0 Å². The number of sulfonamides is 1. The maximum absolute atomic E-state index is 11.8. The van der Waals surface area contributed by atoms with Crippen LogP contribution in [0.3, 0.4) is 0 Å². The molecule has 20 heavy (non-hydrogen) atoms. The summed E-state index contributed by atoms with van der Waals surface area (Å²) in [5.74, 6) is 1.07. The lowest BCUT2D eigenvalue weighted by atomic mass is 9.99. The van der Waals surface area contributed by atoms with Crippen LogP contribution in [0, 0.1) is 5.92 Å². The van der Waals surface area contributed by atoms with Gasteiger partial charge in [0.1, 0.15) is 0 Å². The fourth-order valence-electron chi connectivity index (χ4n) is 3.42. The number of piperidine rings is 1. The van der Waals surface area contributed by atoms with E-state index < -0.39 is 10.0 Å². The highest BCUT2D eigenvalue weighted by Crippen LogP contribution is 2.23. The Kier molecular flexibility index (Phi) is 6.30. The van der Waals surface area contributed by atoms with Crippen molar-refractivity contribution in [3.63, 3.8) is 0 Å². The van der Waals surface area contributed by atoms with Crippen molar-refractivity contribution in [3.05, 3.63) is 0 Å². The Morgan fingerprint density at radius 2 is 1.60 bits per heavy atom. The van der Waals surface area contributed by atoms with Crippen LogP contribution in [0.1, 0.15) is 58.3 Å². The summed E-state index contributed by atoms with van der Waals surface area (Å²) >= 11 is 0. The summed E-state index contributed by atoms with van der Waals surface area (Å²) in [5, 5.41) is 3.69. The molecule has 0 amide bonds. The Morgan fingerprint density at radius 1 is 1.00 bits per heavy atom. The lowest BCUT2D eigenvalue weighted by Gasteiger charge is -2.32. The van der Waals surface area contributed by atoms with Crippen molar-refractivity contribution in [2.24, 2.45) is 5.92 Å². The first-order valence-electron chi connectivity index (χ1n) is 8.33. The first-order chi connectivity index (χ1) is 9.62. The topological polar surface area (TPSA) is 49.4 Å². The molecule has 0 atom stereocenters. The Labute approximate surface area is 124 Å². The average Bonchev–Trinajstić information content (AvgIpc) is 2.74. The molecule has 0 radical (unpaired) electrons. The molecule has 1 aliphatic heterocycles. The summed E-state index contributed by atoms with van der Waals surface area (Å²) in [6.45, 7) is 4.24. The molecule has 1 aliphatic carbocycles. The lowest BCUT2D eigenvalue weighted by molar-refractivity contribution is 0.276. The molecule has 118 valence electrons. The molecule has 0 aromatic carbocycles. The Hall–Kier alpha value is -0.130. The highest BCUT2D eigenvalue weighted by Gasteiger charge is 2.26. The standard InChI is InChI=1S/C15H30N2O2S/c1-2-20(18,19)17-11-9-15(10-12-17)16-13-14-7-5-3-4-6-8-14/h14-16H,2-13H2,1H3. The van der Waals surface area contributed by atoms with E-state index in [1.807, 2.05) is 0 Å². The molecule has 0 aromatic heterocycles. The first-order valence-corrected chi connectivity index (χ1v) is 9.94. The van der Waals surface area contributed by atoms with E-state index in [0.29, 0.717) is 19.1 Å². The minimum atomic E-state index is -2.98. The molecular formula is C15H30N2O2S. The van der Waals surface area contributed by atoms with Gasteiger partial charge in [-0.1, -0.05) is 25.7 Å². The minimum Gasteiger partial charge on any atom is -0.314 e. The zero-order valence-corrected chi connectivity index (χ0v) is 13.6. The van der Waals surface area contributed by atoms with E-state index in [9.17, 15) is 8.42 Å². The van der Waals surface area contributed by atoms with Crippen LogP contribution >= 0.6 is 0 Å². The zero-order valence-electron chi connectivity index (χ0n) is 12.8. The molecule has 1 saturated carbocycles. The molecular weight excluding hydrogens is 272 g/mol. The normalized spacial score (nSPS) is 24.6. The lowest BCUT2D eigenvalue weighted by Crippen LogP contribution is -2.46. The van der Waals surface area contributed by atoms with E-state index in [0.717, 1.165) is 25.3 Å². The predicted molar refractivity (Wildman–Crippen MR) is 83.3 cm³/mol. The summed E-state index contributed by atoms with van der Waals surface area (Å²) in [6, 6.07) is 0.515. The second-order valence-electron chi connectivity index (χ2n) is 6.34. The summed E-state index contributed by atoms with van der Waals surface area (Å²) < 4.78 is 25.3. The van der Waals surface area contributed by atoms with E-state index in [4.69, 9.17) is 0 Å². The van der Waals surface area contributed by atoms with Gasteiger partial charge in [-0.15, -0.1) is 0 Å². The van der Waals surface area contributed by atoms with E-state index in [1.54, 1.807) is 11.2 Å². The highest BCUT2D eigenvalue weighted by molar-refractivity contribution is 7.89. The van der Waals surface area contributed by atoms with Crippen molar-refractivity contribution in [1.29, 1.82) is 0 Å². The smallest absolute Gasteiger partial charge is 0.213 e. The van der Waals surface area contributed by atoms with Crippen LogP contribution in [-0.2, 0) is 10.0 Å². The van der Waals surface area contributed by atoms with Crippen molar-refractivity contribution in [2.75, 3.05) is 25.4 Å². The van der Waals surface area contributed by atoms with Crippen molar-refractivity contribution >= 4 is 10.0 Å². The van der Waals surface area contributed by atoms with Gasteiger partial charge in [0.2, 0.25) is 10.0 Å². The molecule has 4 nitrogen and oxygen atoms in total. The molecule has 2 rings (SSSR count). The second kappa shape index (κ2) is 7.76. The molecule has 1 heterocycles. The summed E-state index contributed by atoms with van der Waals surface area (Å²) in [6.07, 6.45) is 10.3. The summed E-state index contributed by atoms with van der Waals surface area (Å²) in [5.41, 5.74) is 0. The van der Waals surface area contributed by atoms with Gasteiger partial charge < -0.3 is 5.32 Å². The highest BCUT2D eigenvalue weighted by atomic mass is 32.2. The third-order valence-corrected chi connectivity index (χ3v) is 6.76. The van der Waals surface area contributed by atoms with Gasteiger partial charge in [-0.3, -0.25) is 0 Å². The quantitative estimate of drug-likeness (QED) is 0.793. The van der Waals surface area contributed by atoms with Crippen LogP contribution in [0.4, 0.5) is 0 Å². The summed E-state index contributed by atoms with van der Waals surface area (Å²) in [7, 11) is -2.98. The molecule has 1 N–H and O–H groups in total. The third-order valence-electron chi connectivity index (χ3n) is 4.88. The molecule has 2 aliphatic rings. The zero-order chi connectivity index (χ0) is 14.4. The van der Waals surface area contributed by atoms with Gasteiger partial charge in [-0.25, -0.2) is 12.7 Å². The fraction of sp³-hybridized carbons (Fsp3) is 1.00. The second-order valence-corrected chi connectivity index (χ2v) is 8.60. The van der Waals surface area contributed by atoms with Crippen LogP contribution in [0.5, 0.6) is 0 Å². The van der Waals surface area contributed by atoms with E-state index in [-0.39, 0.29) is 5.75 Å². The third kappa shape index (κ3) is 4.71. The van der Waals surface area contributed by atoms with Crippen molar-refractivity contribution in [1.82, 2.24) is 9.62 Å². The minimum absolute atomic E-state index is 0.229. The van der Waals surface area contributed by atoms with Crippen LogP contribution in [0.25, 0.3) is 0 Å². The van der Waals surface area contributed by atoms with Gasteiger partial charge >= 0.3 is 0 Å². The maximum Gasteiger partial charge on any atom is 0.213 e. The number of hydrogen-bond donors (Lipinski definition) is 1. The predicted octanol–water partition coefficient (Wildman–Crippen LogP) is 2.36. The van der Waals surface area contributed by atoms with Crippen LogP contribution < -0.4 is 5.32 Å². The average molecular weight is 302 g/mol. The Morgan fingerprint density at radius 3 is 2.15 bits per heavy atom. The van der Waals surface area contributed by atoms with Crippen LogP contribution in [0.2, 0.25) is 0 Å². The molecule has 1 saturated heterocycles. The van der Waals surface area contributed by atoms with Crippen molar-refractivity contribution in [3.8, 4) is 0 Å². The van der Waals surface area contributed by atoms with E-state index in [2.05, 4.69) is 5.32 Å². The number of nitrogens with zero attached hydrogens (tertiary/aromatic N) is 1.